The number of aromatic nitrogens is 3. The van der Waals surface area contributed by atoms with Crippen LogP contribution in [0.2, 0.25) is 0 Å². The van der Waals surface area contributed by atoms with E-state index in [1.165, 1.54) is 22.3 Å². The van der Waals surface area contributed by atoms with E-state index >= 15 is 0 Å². The molecule has 8 heteroatoms. The highest BCUT2D eigenvalue weighted by Crippen LogP contribution is 2.39. The standard InChI is InChI=1S/C28H34BN5O2/c1-19-30-9-10-34(19)18-21-15-20-7-5-6-8-23(20)26(25-24(21)16-22(29)17-31-25)32-11-13-33(14-12-32)27(35)36-28(2,3)4/h5-10,15-17,26H,11-14,18,29H2,1-4H3. The van der Waals surface area contributed by atoms with Crippen LogP contribution in [0.4, 0.5) is 4.79 Å². The van der Waals surface area contributed by atoms with Gasteiger partial charge < -0.3 is 14.2 Å². The third-order valence-corrected chi connectivity index (χ3v) is 6.88. The molecule has 3 heterocycles. The zero-order chi connectivity index (χ0) is 25.4. The first-order valence-corrected chi connectivity index (χ1v) is 12.7. The van der Waals surface area contributed by atoms with Crippen LogP contribution in [0.5, 0.6) is 0 Å². The van der Waals surface area contributed by atoms with Crippen LogP contribution >= 0.6 is 0 Å². The molecule has 1 unspecified atom stereocenters. The van der Waals surface area contributed by atoms with Crippen LogP contribution in [0, 0.1) is 6.92 Å². The number of benzene rings is 1. The molecule has 186 valence electrons. The molecule has 1 aliphatic carbocycles. The highest BCUT2D eigenvalue weighted by molar-refractivity contribution is 6.32. The SMILES string of the molecule is Bc1cnc2c(c1)C(Cn1ccnc1C)=Cc1ccccc1C2N1CCN(C(=O)OC(C)(C)C)CC1. The van der Waals surface area contributed by atoms with Gasteiger partial charge in [0.25, 0.3) is 0 Å². The minimum Gasteiger partial charge on any atom is -0.444 e. The lowest BCUT2D eigenvalue weighted by molar-refractivity contribution is 0.0118. The average Bonchev–Trinajstić information content (AvgIpc) is 3.18. The maximum atomic E-state index is 12.7. The van der Waals surface area contributed by atoms with Crippen molar-refractivity contribution in [2.45, 2.75) is 45.9 Å². The van der Waals surface area contributed by atoms with Crippen LogP contribution in [0.25, 0.3) is 11.6 Å². The van der Waals surface area contributed by atoms with E-state index in [2.05, 4.69) is 58.7 Å². The number of ether oxygens (including phenoxy) is 1. The fraction of sp³-hybridized carbons (Fsp3) is 0.393. The van der Waals surface area contributed by atoms with Gasteiger partial charge in [0, 0.05) is 56.9 Å². The first-order valence-electron chi connectivity index (χ1n) is 12.7. The molecule has 1 atom stereocenters. The van der Waals surface area contributed by atoms with Crippen molar-refractivity contribution >= 4 is 31.1 Å². The molecule has 1 aromatic carbocycles. The van der Waals surface area contributed by atoms with E-state index in [0.29, 0.717) is 13.1 Å². The summed E-state index contributed by atoms with van der Waals surface area (Å²) < 4.78 is 7.80. The van der Waals surface area contributed by atoms with Gasteiger partial charge in [0.1, 0.15) is 19.3 Å². The lowest BCUT2D eigenvalue weighted by Gasteiger charge is -2.40. The van der Waals surface area contributed by atoms with Gasteiger partial charge in [-0.3, -0.25) is 9.88 Å². The summed E-state index contributed by atoms with van der Waals surface area (Å²) in [4.78, 5) is 26.4. The third-order valence-electron chi connectivity index (χ3n) is 6.88. The fourth-order valence-corrected chi connectivity index (χ4v) is 5.10. The second kappa shape index (κ2) is 9.58. The number of imidazole rings is 1. The Kier molecular flexibility index (Phi) is 6.47. The van der Waals surface area contributed by atoms with E-state index < -0.39 is 5.60 Å². The van der Waals surface area contributed by atoms with Gasteiger partial charge >= 0.3 is 6.09 Å². The Labute approximate surface area is 214 Å². The molecule has 3 aromatic rings. The van der Waals surface area contributed by atoms with Gasteiger partial charge in [-0.05, 0) is 50.5 Å². The number of nitrogens with zero attached hydrogens (tertiary/aromatic N) is 5. The van der Waals surface area contributed by atoms with Gasteiger partial charge in [0.2, 0.25) is 0 Å². The van der Waals surface area contributed by atoms with E-state index in [1.54, 1.807) is 0 Å². The van der Waals surface area contributed by atoms with Gasteiger partial charge in [0.05, 0.1) is 11.7 Å². The molecule has 0 bridgehead atoms. The molecule has 36 heavy (non-hydrogen) atoms. The summed E-state index contributed by atoms with van der Waals surface area (Å²) in [7, 11) is 2.10. The quantitative estimate of drug-likeness (QED) is 0.536. The summed E-state index contributed by atoms with van der Waals surface area (Å²) in [5.41, 5.74) is 6.58. The van der Waals surface area contributed by atoms with E-state index in [-0.39, 0.29) is 12.1 Å². The Hall–Kier alpha value is -3.39. The van der Waals surface area contributed by atoms with Crippen LogP contribution in [-0.4, -0.2) is 70.1 Å². The molecule has 1 saturated heterocycles. The molecular formula is C28H34BN5O2. The second-order valence-electron chi connectivity index (χ2n) is 10.8. The van der Waals surface area contributed by atoms with Crippen molar-refractivity contribution in [3.05, 3.63) is 77.1 Å². The number of carbonyl (C=O) groups excluding carboxylic acids is 1. The van der Waals surface area contributed by atoms with E-state index in [9.17, 15) is 4.79 Å². The Balaban J connectivity index is 1.50. The smallest absolute Gasteiger partial charge is 0.410 e. The Morgan fingerprint density at radius 1 is 1.14 bits per heavy atom. The van der Waals surface area contributed by atoms with Crippen LogP contribution in [0.3, 0.4) is 0 Å². The monoisotopic (exact) mass is 483 g/mol. The van der Waals surface area contributed by atoms with Gasteiger partial charge in [-0.15, -0.1) is 0 Å². The number of carbonyl (C=O) groups is 1. The summed E-state index contributed by atoms with van der Waals surface area (Å²) in [6.07, 6.45) is 7.92. The molecular weight excluding hydrogens is 449 g/mol. The topological polar surface area (TPSA) is 63.5 Å². The van der Waals surface area contributed by atoms with Crippen molar-refractivity contribution < 1.29 is 9.53 Å². The molecule has 1 amide bonds. The second-order valence-corrected chi connectivity index (χ2v) is 10.8. The molecule has 1 aliphatic heterocycles. The number of amides is 1. The van der Waals surface area contributed by atoms with Crippen molar-refractivity contribution in [1.82, 2.24) is 24.3 Å². The summed E-state index contributed by atoms with van der Waals surface area (Å²) in [6, 6.07) is 10.9. The molecule has 5 rings (SSSR count). The summed E-state index contributed by atoms with van der Waals surface area (Å²) >= 11 is 0. The molecule has 0 saturated carbocycles. The summed E-state index contributed by atoms with van der Waals surface area (Å²) in [5, 5.41) is 0. The van der Waals surface area contributed by atoms with Crippen molar-refractivity contribution in [3.63, 3.8) is 0 Å². The van der Waals surface area contributed by atoms with Crippen LogP contribution in [-0.2, 0) is 11.3 Å². The predicted octanol–water partition coefficient (Wildman–Crippen LogP) is 3.04. The average molecular weight is 483 g/mol. The minimum absolute atomic E-state index is 0.00946. The molecule has 2 aromatic heterocycles. The number of aryl methyl sites for hydroxylation is 1. The number of hydrogen-bond acceptors (Lipinski definition) is 5. The van der Waals surface area contributed by atoms with E-state index in [0.717, 1.165) is 36.6 Å². The number of pyridine rings is 1. The van der Waals surface area contributed by atoms with Gasteiger partial charge in [0.15, 0.2) is 0 Å². The Bertz CT molecular complexity index is 1300. The normalized spacial score (nSPS) is 18.2. The van der Waals surface area contributed by atoms with Crippen LogP contribution < -0.4 is 5.46 Å². The number of fused-ring (bicyclic) bond motifs is 2. The first kappa shape index (κ1) is 24.3. The van der Waals surface area contributed by atoms with Crippen LogP contribution in [0.15, 0.2) is 48.9 Å². The number of allylic oxidation sites excluding steroid dienone is 1. The number of hydrogen-bond donors (Lipinski definition) is 0. The third kappa shape index (κ3) is 4.95. The maximum absolute atomic E-state index is 12.7. The molecule has 0 spiro atoms. The number of piperazine rings is 1. The van der Waals surface area contributed by atoms with Gasteiger partial charge in [-0.2, -0.15) is 0 Å². The molecule has 0 radical (unpaired) electrons. The summed E-state index contributed by atoms with van der Waals surface area (Å²) in [6.45, 7) is 11.3. The molecule has 2 aliphatic rings. The minimum atomic E-state index is -0.495. The number of rotatable bonds is 3. The lowest BCUT2D eigenvalue weighted by Crippen LogP contribution is -2.51. The van der Waals surface area contributed by atoms with Crippen molar-refractivity contribution in [2.24, 2.45) is 0 Å². The largest absolute Gasteiger partial charge is 0.444 e. The van der Waals surface area contributed by atoms with Crippen molar-refractivity contribution in [1.29, 1.82) is 0 Å². The highest BCUT2D eigenvalue weighted by Gasteiger charge is 2.34. The maximum Gasteiger partial charge on any atom is 0.410 e. The van der Waals surface area contributed by atoms with Crippen LogP contribution in [0.1, 0.15) is 55.0 Å². The van der Waals surface area contributed by atoms with Gasteiger partial charge in [-0.25, -0.2) is 9.78 Å². The fourth-order valence-electron chi connectivity index (χ4n) is 5.10. The molecule has 1 fully saturated rings. The van der Waals surface area contributed by atoms with Gasteiger partial charge in [-0.1, -0.05) is 35.8 Å². The summed E-state index contributed by atoms with van der Waals surface area (Å²) in [5.74, 6) is 0.991. The predicted molar refractivity (Wildman–Crippen MR) is 145 cm³/mol. The first-order chi connectivity index (χ1) is 17.2. The van der Waals surface area contributed by atoms with E-state index in [1.807, 2.05) is 51.2 Å². The lowest BCUT2D eigenvalue weighted by atomic mass is 9.90. The van der Waals surface area contributed by atoms with Crippen molar-refractivity contribution in [3.8, 4) is 0 Å². The molecule has 7 nitrogen and oxygen atoms in total. The zero-order valence-electron chi connectivity index (χ0n) is 21.9. The zero-order valence-corrected chi connectivity index (χ0v) is 21.9. The Morgan fingerprint density at radius 2 is 1.89 bits per heavy atom. The molecule has 0 N–H and O–H groups in total. The Morgan fingerprint density at radius 3 is 2.58 bits per heavy atom. The highest BCUT2D eigenvalue weighted by atomic mass is 16.6. The van der Waals surface area contributed by atoms with E-state index in [4.69, 9.17) is 9.72 Å². The van der Waals surface area contributed by atoms with Crippen molar-refractivity contribution in [2.75, 3.05) is 26.2 Å².